The number of ether oxygens (including phenoxy) is 1. The minimum Gasteiger partial charge on any atom is -0.492 e. The van der Waals surface area contributed by atoms with Crippen LogP contribution in [-0.4, -0.2) is 41.2 Å². The van der Waals surface area contributed by atoms with Gasteiger partial charge >= 0.3 is 5.97 Å². The van der Waals surface area contributed by atoms with Crippen LogP contribution in [0.3, 0.4) is 0 Å². The van der Waals surface area contributed by atoms with Crippen LogP contribution >= 0.6 is 0 Å². The molecule has 0 aliphatic carbocycles. The van der Waals surface area contributed by atoms with E-state index in [0.717, 1.165) is 22.0 Å². The standard InChI is InChI=1S/C19H17N3O4/c1-22(19-21-14-4-2-3-5-17(14)26-19)8-9-25-13-7-6-12-10-16(18(23)24)20-15(12)11-13/h2-7,10-11,20H,8-9H2,1H3,(H,23,24). The topological polar surface area (TPSA) is 91.6 Å². The van der Waals surface area contributed by atoms with E-state index in [0.29, 0.717) is 24.9 Å². The number of nitrogens with one attached hydrogen (secondary N) is 1. The summed E-state index contributed by atoms with van der Waals surface area (Å²) in [4.78, 5) is 20.2. The number of fused-ring (bicyclic) bond motifs is 2. The van der Waals surface area contributed by atoms with Gasteiger partial charge in [-0.2, -0.15) is 4.98 Å². The number of likely N-dealkylation sites (N-methyl/N-ethyl adjacent to an activating group) is 1. The number of para-hydroxylation sites is 2. The first-order chi connectivity index (χ1) is 12.6. The minimum atomic E-state index is -0.983. The van der Waals surface area contributed by atoms with Crippen LogP contribution in [0.5, 0.6) is 5.75 Å². The average molecular weight is 351 g/mol. The summed E-state index contributed by atoms with van der Waals surface area (Å²) in [7, 11) is 1.89. The van der Waals surface area contributed by atoms with Crippen molar-refractivity contribution in [2.45, 2.75) is 0 Å². The van der Waals surface area contributed by atoms with Gasteiger partial charge in [-0.05, 0) is 30.3 Å². The third-order valence-corrected chi connectivity index (χ3v) is 4.13. The average Bonchev–Trinajstić information content (AvgIpc) is 3.25. The largest absolute Gasteiger partial charge is 0.492 e. The van der Waals surface area contributed by atoms with Gasteiger partial charge in [-0.15, -0.1) is 0 Å². The number of carbonyl (C=O) groups is 1. The number of carboxylic acids is 1. The number of nitrogens with zero attached hydrogens (tertiary/aromatic N) is 2. The number of hydrogen-bond donors (Lipinski definition) is 2. The predicted molar refractivity (Wildman–Crippen MR) is 98.0 cm³/mol. The molecule has 0 aliphatic rings. The molecule has 132 valence electrons. The molecule has 0 fully saturated rings. The van der Waals surface area contributed by atoms with Gasteiger partial charge in [-0.3, -0.25) is 0 Å². The Morgan fingerprint density at radius 2 is 2.12 bits per heavy atom. The molecule has 26 heavy (non-hydrogen) atoms. The van der Waals surface area contributed by atoms with E-state index in [1.807, 2.05) is 48.3 Å². The van der Waals surface area contributed by atoms with E-state index in [9.17, 15) is 4.79 Å². The molecule has 2 aromatic heterocycles. The van der Waals surface area contributed by atoms with Crippen molar-refractivity contribution in [2.24, 2.45) is 0 Å². The summed E-state index contributed by atoms with van der Waals surface area (Å²) in [6.07, 6.45) is 0. The van der Waals surface area contributed by atoms with E-state index >= 15 is 0 Å². The van der Waals surface area contributed by atoms with Crippen molar-refractivity contribution in [3.63, 3.8) is 0 Å². The highest BCUT2D eigenvalue weighted by molar-refractivity contribution is 5.94. The summed E-state index contributed by atoms with van der Waals surface area (Å²) in [5, 5.41) is 9.87. The Hall–Kier alpha value is -3.48. The molecule has 2 N–H and O–H groups in total. The van der Waals surface area contributed by atoms with E-state index in [2.05, 4.69) is 9.97 Å². The Kier molecular flexibility index (Phi) is 3.96. The third kappa shape index (κ3) is 3.06. The van der Waals surface area contributed by atoms with Gasteiger partial charge in [-0.25, -0.2) is 4.79 Å². The fourth-order valence-corrected chi connectivity index (χ4v) is 2.73. The zero-order chi connectivity index (χ0) is 18.1. The molecule has 7 heteroatoms. The van der Waals surface area contributed by atoms with E-state index in [4.69, 9.17) is 14.3 Å². The number of aromatic carboxylic acids is 1. The Morgan fingerprint density at radius 3 is 2.92 bits per heavy atom. The van der Waals surface area contributed by atoms with Gasteiger partial charge < -0.3 is 24.1 Å². The maximum atomic E-state index is 11.0. The molecule has 7 nitrogen and oxygen atoms in total. The first-order valence-electron chi connectivity index (χ1n) is 8.16. The highest BCUT2D eigenvalue weighted by atomic mass is 16.5. The quantitative estimate of drug-likeness (QED) is 0.552. The van der Waals surface area contributed by atoms with Gasteiger partial charge in [0, 0.05) is 24.0 Å². The van der Waals surface area contributed by atoms with Crippen molar-refractivity contribution in [1.82, 2.24) is 9.97 Å². The molecule has 0 amide bonds. The van der Waals surface area contributed by atoms with Crippen molar-refractivity contribution in [3.05, 3.63) is 54.2 Å². The molecule has 2 heterocycles. The number of hydrogen-bond acceptors (Lipinski definition) is 5. The molecule has 0 aliphatic heterocycles. The first kappa shape index (κ1) is 16.0. The second-order valence-electron chi connectivity index (χ2n) is 5.97. The van der Waals surface area contributed by atoms with Crippen molar-refractivity contribution in [3.8, 4) is 5.75 Å². The maximum absolute atomic E-state index is 11.0. The first-order valence-corrected chi connectivity index (χ1v) is 8.16. The summed E-state index contributed by atoms with van der Waals surface area (Å²) < 4.78 is 11.5. The van der Waals surface area contributed by atoms with Crippen molar-refractivity contribution in [2.75, 3.05) is 25.1 Å². The van der Waals surface area contributed by atoms with Crippen molar-refractivity contribution >= 4 is 34.0 Å². The fourth-order valence-electron chi connectivity index (χ4n) is 2.73. The highest BCUT2D eigenvalue weighted by Crippen LogP contribution is 2.23. The van der Waals surface area contributed by atoms with Gasteiger partial charge in [0.1, 0.15) is 23.6 Å². The molecule has 0 bridgehead atoms. The van der Waals surface area contributed by atoms with Crippen molar-refractivity contribution in [1.29, 1.82) is 0 Å². The van der Waals surface area contributed by atoms with E-state index < -0.39 is 5.97 Å². The molecule has 4 rings (SSSR count). The second kappa shape index (κ2) is 6.44. The Balaban J connectivity index is 1.40. The van der Waals surface area contributed by atoms with E-state index in [1.165, 1.54) is 0 Å². The number of carboxylic acid groups (broad SMARTS) is 1. The number of aromatic amines is 1. The number of benzene rings is 2. The van der Waals surface area contributed by atoms with Crippen LogP contribution in [0.25, 0.3) is 22.0 Å². The monoisotopic (exact) mass is 351 g/mol. The lowest BCUT2D eigenvalue weighted by Crippen LogP contribution is -2.23. The maximum Gasteiger partial charge on any atom is 0.352 e. The van der Waals surface area contributed by atoms with Crippen LogP contribution in [0.2, 0.25) is 0 Å². The SMILES string of the molecule is CN(CCOc1ccc2cc(C(=O)O)[nH]c2c1)c1nc2ccccc2o1. The summed E-state index contributed by atoms with van der Waals surface area (Å²) >= 11 is 0. The van der Waals surface area contributed by atoms with Gasteiger partial charge in [0.25, 0.3) is 6.01 Å². The van der Waals surface area contributed by atoms with Gasteiger partial charge in [0.15, 0.2) is 5.58 Å². The van der Waals surface area contributed by atoms with E-state index in [-0.39, 0.29) is 5.69 Å². The van der Waals surface area contributed by atoms with Gasteiger partial charge in [0.2, 0.25) is 0 Å². The zero-order valence-electron chi connectivity index (χ0n) is 14.1. The molecule has 2 aromatic carbocycles. The fraction of sp³-hybridized carbons (Fsp3) is 0.158. The number of rotatable bonds is 6. The molecular formula is C19H17N3O4. The third-order valence-electron chi connectivity index (χ3n) is 4.13. The molecule has 0 atom stereocenters. The second-order valence-corrected chi connectivity index (χ2v) is 5.97. The van der Waals surface area contributed by atoms with Crippen LogP contribution in [0.15, 0.2) is 52.9 Å². The number of H-pyrrole nitrogens is 1. The van der Waals surface area contributed by atoms with Crippen LogP contribution in [0.4, 0.5) is 6.01 Å². The lowest BCUT2D eigenvalue weighted by molar-refractivity contribution is 0.0691. The minimum absolute atomic E-state index is 0.160. The summed E-state index contributed by atoms with van der Waals surface area (Å²) in [5.74, 6) is -0.314. The van der Waals surface area contributed by atoms with Gasteiger partial charge in [-0.1, -0.05) is 12.1 Å². The zero-order valence-corrected chi connectivity index (χ0v) is 14.1. The molecule has 0 radical (unpaired) electrons. The molecule has 0 saturated heterocycles. The summed E-state index contributed by atoms with van der Waals surface area (Å²) in [6.45, 7) is 1.03. The smallest absolute Gasteiger partial charge is 0.352 e. The number of oxazole rings is 1. The molecular weight excluding hydrogens is 334 g/mol. The van der Waals surface area contributed by atoms with Crippen molar-refractivity contribution < 1.29 is 19.1 Å². The predicted octanol–water partition coefficient (Wildman–Crippen LogP) is 3.52. The summed E-state index contributed by atoms with van der Waals surface area (Å²) in [6, 6.07) is 15.2. The lowest BCUT2D eigenvalue weighted by Gasteiger charge is -2.14. The molecule has 0 unspecified atom stereocenters. The van der Waals surface area contributed by atoms with Crippen LogP contribution in [0, 0.1) is 0 Å². The van der Waals surface area contributed by atoms with Gasteiger partial charge in [0.05, 0.1) is 6.54 Å². The molecule has 0 saturated carbocycles. The summed E-state index contributed by atoms with van der Waals surface area (Å²) in [5.41, 5.74) is 2.46. The molecule has 4 aromatic rings. The normalized spacial score (nSPS) is 11.1. The molecule has 0 spiro atoms. The van der Waals surface area contributed by atoms with Crippen LogP contribution in [-0.2, 0) is 0 Å². The van der Waals surface area contributed by atoms with Crippen LogP contribution < -0.4 is 9.64 Å². The Labute approximate surface area is 148 Å². The van der Waals surface area contributed by atoms with E-state index in [1.54, 1.807) is 12.1 Å². The number of aromatic nitrogens is 2. The highest BCUT2D eigenvalue weighted by Gasteiger charge is 2.11. The van der Waals surface area contributed by atoms with Crippen LogP contribution in [0.1, 0.15) is 10.5 Å². The Morgan fingerprint density at radius 1 is 1.27 bits per heavy atom. The number of anilines is 1. The lowest BCUT2D eigenvalue weighted by atomic mass is 10.2. The Bertz CT molecular complexity index is 1050.